The first-order chi connectivity index (χ1) is 9.88. The van der Waals surface area contributed by atoms with Gasteiger partial charge < -0.3 is 5.73 Å². The fourth-order valence-electron chi connectivity index (χ4n) is 2.44. The molecule has 0 unspecified atom stereocenters. The summed E-state index contributed by atoms with van der Waals surface area (Å²) in [5.74, 6) is 0.262. The molecule has 21 heavy (non-hydrogen) atoms. The van der Waals surface area contributed by atoms with Crippen molar-refractivity contribution in [3.8, 4) is 0 Å². The Bertz CT molecular complexity index is 540. The third kappa shape index (κ3) is 4.25. The molecule has 1 heterocycles. The summed E-state index contributed by atoms with van der Waals surface area (Å²) in [6.45, 7) is 8.71. The van der Waals surface area contributed by atoms with Gasteiger partial charge in [-0.3, -0.25) is 4.98 Å². The Morgan fingerprint density at radius 3 is 2.38 bits per heavy atom. The summed E-state index contributed by atoms with van der Waals surface area (Å²) in [6.07, 6.45) is 3.16. The standard InChI is InChI=1S/C15H27N3O2S/c1-5-13(6-2)18(11-12(3)4)21(19,20)15-8-7-9-17-14(15)10-16/h7-9,12-13H,5-6,10-11,16H2,1-4H3. The molecule has 1 aromatic rings. The smallest absolute Gasteiger partial charge is 0.245 e. The van der Waals surface area contributed by atoms with Crippen LogP contribution < -0.4 is 5.73 Å². The van der Waals surface area contributed by atoms with E-state index < -0.39 is 10.0 Å². The zero-order valence-corrected chi connectivity index (χ0v) is 14.2. The molecule has 0 amide bonds. The van der Waals surface area contributed by atoms with Crippen LogP contribution in [0.5, 0.6) is 0 Å². The first kappa shape index (κ1) is 18.1. The maximum Gasteiger partial charge on any atom is 0.245 e. The van der Waals surface area contributed by atoms with Gasteiger partial charge in [0.25, 0.3) is 0 Å². The summed E-state index contributed by atoms with van der Waals surface area (Å²) in [4.78, 5) is 4.34. The van der Waals surface area contributed by atoms with Crippen molar-refractivity contribution in [1.29, 1.82) is 0 Å². The fraction of sp³-hybridized carbons (Fsp3) is 0.667. The van der Waals surface area contributed by atoms with Gasteiger partial charge in [-0.15, -0.1) is 0 Å². The van der Waals surface area contributed by atoms with Gasteiger partial charge in [0, 0.05) is 25.3 Å². The number of sulfonamides is 1. The molecule has 0 aliphatic carbocycles. The second kappa shape index (κ2) is 7.87. The van der Waals surface area contributed by atoms with Gasteiger partial charge in [0.05, 0.1) is 5.69 Å². The summed E-state index contributed by atoms with van der Waals surface area (Å²) < 4.78 is 27.7. The maximum absolute atomic E-state index is 13.0. The van der Waals surface area contributed by atoms with Crippen molar-refractivity contribution in [1.82, 2.24) is 9.29 Å². The van der Waals surface area contributed by atoms with Gasteiger partial charge in [-0.25, -0.2) is 8.42 Å². The summed E-state index contributed by atoms with van der Waals surface area (Å²) in [5.41, 5.74) is 6.07. The van der Waals surface area contributed by atoms with E-state index in [1.807, 2.05) is 27.7 Å². The quantitative estimate of drug-likeness (QED) is 0.799. The zero-order valence-electron chi connectivity index (χ0n) is 13.4. The highest BCUT2D eigenvalue weighted by Crippen LogP contribution is 2.24. The molecule has 0 aliphatic heterocycles. The third-order valence-electron chi connectivity index (χ3n) is 3.52. The second-order valence-electron chi connectivity index (χ2n) is 5.59. The molecular formula is C15H27N3O2S. The van der Waals surface area contributed by atoms with Crippen LogP contribution in [0.25, 0.3) is 0 Å². The molecule has 0 radical (unpaired) electrons. The molecule has 120 valence electrons. The molecule has 0 saturated heterocycles. The lowest BCUT2D eigenvalue weighted by molar-refractivity contribution is 0.276. The third-order valence-corrected chi connectivity index (χ3v) is 5.52. The lowest BCUT2D eigenvalue weighted by Crippen LogP contribution is -2.42. The monoisotopic (exact) mass is 313 g/mol. The van der Waals surface area contributed by atoms with E-state index in [-0.39, 0.29) is 23.4 Å². The second-order valence-corrected chi connectivity index (χ2v) is 7.45. The molecular weight excluding hydrogens is 286 g/mol. The highest BCUT2D eigenvalue weighted by atomic mass is 32.2. The largest absolute Gasteiger partial charge is 0.325 e. The van der Waals surface area contributed by atoms with Gasteiger partial charge in [0.15, 0.2) is 0 Å². The Labute approximate surface area is 128 Å². The lowest BCUT2D eigenvalue weighted by Gasteiger charge is -2.31. The Morgan fingerprint density at radius 2 is 1.90 bits per heavy atom. The molecule has 1 aromatic heterocycles. The lowest BCUT2D eigenvalue weighted by atomic mass is 10.1. The number of aromatic nitrogens is 1. The van der Waals surface area contributed by atoms with E-state index in [0.717, 1.165) is 12.8 Å². The molecule has 1 rings (SSSR count). The highest BCUT2D eigenvalue weighted by Gasteiger charge is 2.31. The predicted molar refractivity (Wildman–Crippen MR) is 85.2 cm³/mol. The van der Waals surface area contributed by atoms with Gasteiger partial charge >= 0.3 is 0 Å². The number of rotatable bonds is 8. The minimum atomic E-state index is -3.57. The average Bonchev–Trinajstić information content (AvgIpc) is 2.47. The number of hydrogen-bond acceptors (Lipinski definition) is 4. The van der Waals surface area contributed by atoms with E-state index in [9.17, 15) is 8.42 Å². The van der Waals surface area contributed by atoms with Crippen LogP contribution in [0.1, 0.15) is 46.2 Å². The van der Waals surface area contributed by atoms with Crippen molar-refractivity contribution in [2.24, 2.45) is 11.7 Å². The summed E-state index contributed by atoms with van der Waals surface area (Å²) in [7, 11) is -3.57. The normalized spacial score (nSPS) is 12.6. The van der Waals surface area contributed by atoms with Crippen LogP contribution in [0, 0.1) is 5.92 Å². The van der Waals surface area contributed by atoms with Crippen LogP contribution in [-0.2, 0) is 16.6 Å². The molecule has 0 saturated carbocycles. The van der Waals surface area contributed by atoms with Crippen molar-refractivity contribution in [2.75, 3.05) is 6.54 Å². The van der Waals surface area contributed by atoms with Crippen LogP contribution >= 0.6 is 0 Å². The Hall–Kier alpha value is -0.980. The van der Waals surface area contributed by atoms with E-state index >= 15 is 0 Å². The SMILES string of the molecule is CCC(CC)N(CC(C)C)S(=O)(=O)c1cccnc1CN. The first-order valence-corrected chi connectivity index (χ1v) is 8.98. The van der Waals surface area contributed by atoms with Crippen molar-refractivity contribution in [3.05, 3.63) is 24.0 Å². The van der Waals surface area contributed by atoms with Crippen LogP contribution in [-0.4, -0.2) is 30.3 Å². The molecule has 2 N–H and O–H groups in total. The van der Waals surface area contributed by atoms with E-state index in [4.69, 9.17) is 5.73 Å². The van der Waals surface area contributed by atoms with E-state index in [2.05, 4.69) is 4.98 Å². The van der Waals surface area contributed by atoms with Gasteiger partial charge in [-0.2, -0.15) is 4.31 Å². The van der Waals surface area contributed by atoms with Gasteiger partial charge in [0.2, 0.25) is 10.0 Å². The van der Waals surface area contributed by atoms with Gasteiger partial charge in [-0.1, -0.05) is 27.7 Å². The molecule has 0 fully saturated rings. The van der Waals surface area contributed by atoms with E-state index in [1.165, 1.54) is 0 Å². The fourth-order valence-corrected chi connectivity index (χ4v) is 4.56. The predicted octanol–water partition coefficient (Wildman–Crippen LogP) is 2.38. The van der Waals surface area contributed by atoms with E-state index in [0.29, 0.717) is 12.2 Å². The molecule has 0 bridgehead atoms. The zero-order chi connectivity index (χ0) is 16.0. The summed E-state index contributed by atoms with van der Waals surface area (Å²) in [6, 6.07) is 3.25. The van der Waals surface area contributed by atoms with Crippen molar-refractivity contribution in [3.63, 3.8) is 0 Å². The van der Waals surface area contributed by atoms with Crippen LogP contribution in [0.15, 0.2) is 23.2 Å². The first-order valence-electron chi connectivity index (χ1n) is 7.54. The minimum absolute atomic E-state index is 0.00299. The van der Waals surface area contributed by atoms with E-state index in [1.54, 1.807) is 22.6 Å². The number of nitrogens with zero attached hydrogens (tertiary/aromatic N) is 2. The highest BCUT2D eigenvalue weighted by molar-refractivity contribution is 7.89. The van der Waals surface area contributed by atoms with Crippen molar-refractivity contribution >= 4 is 10.0 Å². The van der Waals surface area contributed by atoms with Crippen LogP contribution in [0.3, 0.4) is 0 Å². The molecule has 0 atom stereocenters. The maximum atomic E-state index is 13.0. The topological polar surface area (TPSA) is 76.3 Å². The van der Waals surface area contributed by atoms with Crippen molar-refractivity contribution in [2.45, 2.75) is 58.0 Å². The minimum Gasteiger partial charge on any atom is -0.325 e. The Morgan fingerprint density at radius 1 is 1.29 bits per heavy atom. The number of nitrogens with two attached hydrogens (primary N) is 1. The Kier molecular flexibility index (Phi) is 6.77. The summed E-state index contributed by atoms with van der Waals surface area (Å²) in [5, 5.41) is 0. The molecule has 0 aliphatic rings. The number of pyridine rings is 1. The number of hydrogen-bond donors (Lipinski definition) is 1. The van der Waals surface area contributed by atoms with Gasteiger partial charge in [0.1, 0.15) is 4.90 Å². The molecule has 6 heteroatoms. The molecule has 0 spiro atoms. The average molecular weight is 313 g/mol. The molecule has 0 aromatic carbocycles. The van der Waals surface area contributed by atoms with Crippen LogP contribution in [0.4, 0.5) is 0 Å². The molecule has 5 nitrogen and oxygen atoms in total. The summed E-state index contributed by atoms with van der Waals surface area (Å²) >= 11 is 0. The Balaban J connectivity index is 3.32. The van der Waals surface area contributed by atoms with Crippen molar-refractivity contribution < 1.29 is 8.42 Å². The van der Waals surface area contributed by atoms with Gasteiger partial charge in [-0.05, 0) is 30.9 Å². The van der Waals surface area contributed by atoms with Crippen LogP contribution in [0.2, 0.25) is 0 Å².